The fourth-order valence-electron chi connectivity index (χ4n) is 2.58. The quantitative estimate of drug-likeness (QED) is 0.851. The van der Waals surface area contributed by atoms with Crippen LogP contribution in [0.1, 0.15) is 16.8 Å². The lowest BCUT2D eigenvalue weighted by molar-refractivity contribution is -0.118. The largest absolute Gasteiger partial charge is 0.336 e. The Morgan fingerprint density at radius 2 is 1.82 bits per heavy atom. The van der Waals surface area contributed by atoms with Crippen LogP contribution < -0.4 is 4.90 Å². The molecule has 0 spiro atoms. The normalized spacial score (nSPS) is 15.5. The Bertz CT molecular complexity index is 658. The third kappa shape index (κ3) is 2.98. The fraction of sp³-hybridized carbons (Fsp3) is 0.235. The van der Waals surface area contributed by atoms with E-state index in [1.165, 1.54) is 0 Å². The number of benzene rings is 1. The minimum Gasteiger partial charge on any atom is -0.336 e. The van der Waals surface area contributed by atoms with Crippen LogP contribution in [0, 0.1) is 0 Å². The third-order valence-electron chi connectivity index (χ3n) is 3.75. The molecule has 0 unspecified atom stereocenters. The van der Waals surface area contributed by atoms with E-state index in [1.807, 2.05) is 30.3 Å². The van der Waals surface area contributed by atoms with Gasteiger partial charge in [-0.2, -0.15) is 0 Å². The Balaban J connectivity index is 1.74. The van der Waals surface area contributed by atoms with Gasteiger partial charge >= 0.3 is 0 Å². The van der Waals surface area contributed by atoms with Crippen molar-refractivity contribution in [2.75, 3.05) is 24.5 Å². The van der Waals surface area contributed by atoms with Crippen LogP contribution in [-0.2, 0) is 4.79 Å². The molecule has 3 rings (SSSR count). The minimum atomic E-state index is -0.0733. The summed E-state index contributed by atoms with van der Waals surface area (Å²) in [5.74, 6) is -0.0245. The molecule has 0 bridgehead atoms. The average molecular weight is 295 g/mol. The predicted octanol–water partition coefficient (Wildman–Crippen LogP) is 1.96. The zero-order valence-electron chi connectivity index (χ0n) is 12.2. The number of rotatable bonds is 2. The number of carbonyl (C=O) groups is 2. The Hall–Kier alpha value is -2.69. The molecule has 2 amide bonds. The number of carbonyl (C=O) groups excluding carboxylic acids is 2. The molecular formula is C17H17N3O2. The molecule has 1 aromatic heterocycles. The Labute approximate surface area is 129 Å². The van der Waals surface area contributed by atoms with Gasteiger partial charge in [0.05, 0.1) is 5.56 Å². The molecule has 1 aliphatic rings. The second kappa shape index (κ2) is 6.39. The maximum absolute atomic E-state index is 12.5. The van der Waals surface area contributed by atoms with Crippen molar-refractivity contribution < 1.29 is 9.59 Å². The number of amides is 2. The molecule has 1 saturated heterocycles. The highest BCUT2D eigenvalue weighted by molar-refractivity contribution is 5.97. The van der Waals surface area contributed by atoms with Gasteiger partial charge in [0.25, 0.3) is 5.91 Å². The number of aromatic nitrogens is 1. The highest BCUT2D eigenvalue weighted by Gasteiger charge is 2.25. The smallest absolute Gasteiger partial charge is 0.255 e. The van der Waals surface area contributed by atoms with Gasteiger partial charge in [0.15, 0.2) is 0 Å². The molecule has 0 radical (unpaired) electrons. The number of pyridine rings is 1. The molecule has 22 heavy (non-hydrogen) atoms. The SMILES string of the molecule is O=C(c1cccnc1)N1CCC(=O)N(c2ccccc2)CC1. The second-order valence-electron chi connectivity index (χ2n) is 5.16. The summed E-state index contributed by atoms with van der Waals surface area (Å²) in [7, 11) is 0. The molecule has 0 atom stereocenters. The van der Waals surface area contributed by atoms with Gasteiger partial charge in [-0.3, -0.25) is 14.6 Å². The van der Waals surface area contributed by atoms with Gasteiger partial charge < -0.3 is 9.80 Å². The lowest BCUT2D eigenvalue weighted by atomic mass is 10.2. The first-order valence-electron chi connectivity index (χ1n) is 7.30. The molecule has 1 fully saturated rings. The van der Waals surface area contributed by atoms with Crippen LogP contribution in [0.5, 0.6) is 0 Å². The summed E-state index contributed by atoms with van der Waals surface area (Å²) in [5.41, 5.74) is 1.44. The number of hydrogen-bond acceptors (Lipinski definition) is 3. The number of hydrogen-bond donors (Lipinski definition) is 0. The van der Waals surface area contributed by atoms with E-state index < -0.39 is 0 Å². The fourth-order valence-corrected chi connectivity index (χ4v) is 2.58. The van der Waals surface area contributed by atoms with Gasteiger partial charge in [-0.25, -0.2) is 0 Å². The molecule has 0 saturated carbocycles. The minimum absolute atomic E-state index is 0.0488. The van der Waals surface area contributed by atoms with E-state index in [0.717, 1.165) is 5.69 Å². The van der Waals surface area contributed by atoms with Gasteiger partial charge in [0.1, 0.15) is 0 Å². The standard InChI is InChI=1S/C17H17N3O2/c21-16-8-10-19(17(22)14-5-4-9-18-13-14)11-12-20(16)15-6-2-1-3-7-15/h1-7,9,13H,8,10-12H2. The van der Waals surface area contributed by atoms with Crippen molar-refractivity contribution in [3.63, 3.8) is 0 Å². The van der Waals surface area contributed by atoms with E-state index in [4.69, 9.17) is 0 Å². The van der Waals surface area contributed by atoms with E-state index in [2.05, 4.69) is 4.98 Å². The number of para-hydroxylation sites is 1. The van der Waals surface area contributed by atoms with E-state index in [0.29, 0.717) is 31.6 Å². The zero-order valence-corrected chi connectivity index (χ0v) is 12.2. The molecule has 5 heteroatoms. The molecule has 0 N–H and O–H groups in total. The van der Waals surface area contributed by atoms with Crippen molar-refractivity contribution in [3.8, 4) is 0 Å². The van der Waals surface area contributed by atoms with Gasteiger partial charge in [0, 0.05) is 44.1 Å². The van der Waals surface area contributed by atoms with Crippen molar-refractivity contribution in [2.45, 2.75) is 6.42 Å². The van der Waals surface area contributed by atoms with Gasteiger partial charge in [-0.05, 0) is 24.3 Å². The van der Waals surface area contributed by atoms with Crippen molar-refractivity contribution in [2.24, 2.45) is 0 Å². The molecule has 0 aliphatic carbocycles. The third-order valence-corrected chi connectivity index (χ3v) is 3.75. The van der Waals surface area contributed by atoms with Crippen molar-refractivity contribution in [1.82, 2.24) is 9.88 Å². The maximum Gasteiger partial charge on any atom is 0.255 e. The monoisotopic (exact) mass is 295 g/mol. The Morgan fingerprint density at radius 3 is 2.55 bits per heavy atom. The lowest BCUT2D eigenvalue weighted by Gasteiger charge is -2.22. The van der Waals surface area contributed by atoms with Crippen LogP contribution in [0.3, 0.4) is 0 Å². The molecule has 5 nitrogen and oxygen atoms in total. The molecule has 112 valence electrons. The van der Waals surface area contributed by atoms with E-state index in [9.17, 15) is 9.59 Å². The van der Waals surface area contributed by atoms with Crippen LogP contribution in [0.4, 0.5) is 5.69 Å². The summed E-state index contributed by atoms with van der Waals surface area (Å²) < 4.78 is 0. The predicted molar refractivity (Wildman–Crippen MR) is 83.6 cm³/mol. The Morgan fingerprint density at radius 1 is 1.00 bits per heavy atom. The van der Waals surface area contributed by atoms with Crippen molar-refractivity contribution >= 4 is 17.5 Å². The van der Waals surface area contributed by atoms with Crippen LogP contribution in [0.25, 0.3) is 0 Å². The van der Waals surface area contributed by atoms with E-state index in [1.54, 1.807) is 34.3 Å². The van der Waals surface area contributed by atoms with Crippen LogP contribution in [-0.4, -0.2) is 41.3 Å². The molecule has 1 aliphatic heterocycles. The lowest BCUT2D eigenvalue weighted by Crippen LogP contribution is -2.35. The Kier molecular flexibility index (Phi) is 4.14. The first-order chi connectivity index (χ1) is 10.8. The second-order valence-corrected chi connectivity index (χ2v) is 5.16. The number of nitrogens with zero attached hydrogens (tertiary/aromatic N) is 3. The summed E-state index contributed by atoms with van der Waals surface area (Å²) in [6.07, 6.45) is 3.53. The van der Waals surface area contributed by atoms with E-state index >= 15 is 0 Å². The highest BCUT2D eigenvalue weighted by atomic mass is 16.2. The first kappa shape index (κ1) is 14.3. The van der Waals surface area contributed by atoms with Crippen LogP contribution >= 0.6 is 0 Å². The molecule has 2 aromatic rings. The zero-order chi connectivity index (χ0) is 15.4. The highest BCUT2D eigenvalue weighted by Crippen LogP contribution is 2.17. The van der Waals surface area contributed by atoms with Gasteiger partial charge in [0.2, 0.25) is 5.91 Å². The molecule has 2 heterocycles. The summed E-state index contributed by atoms with van der Waals surface area (Å²) in [6.45, 7) is 1.47. The summed E-state index contributed by atoms with van der Waals surface area (Å²) in [4.78, 5) is 32.2. The summed E-state index contributed by atoms with van der Waals surface area (Å²) >= 11 is 0. The van der Waals surface area contributed by atoms with Crippen molar-refractivity contribution in [3.05, 3.63) is 60.4 Å². The molecule has 1 aromatic carbocycles. The van der Waals surface area contributed by atoms with Crippen LogP contribution in [0.15, 0.2) is 54.9 Å². The molecular weight excluding hydrogens is 278 g/mol. The van der Waals surface area contributed by atoms with Crippen LogP contribution in [0.2, 0.25) is 0 Å². The maximum atomic E-state index is 12.5. The summed E-state index contributed by atoms with van der Waals surface area (Å²) in [5, 5.41) is 0. The first-order valence-corrected chi connectivity index (χ1v) is 7.30. The topological polar surface area (TPSA) is 53.5 Å². The van der Waals surface area contributed by atoms with E-state index in [-0.39, 0.29) is 11.8 Å². The average Bonchev–Trinajstić information content (AvgIpc) is 2.78. The van der Waals surface area contributed by atoms with Gasteiger partial charge in [-0.1, -0.05) is 18.2 Å². The van der Waals surface area contributed by atoms with Gasteiger partial charge in [-0.15, -0.1) is 0 Å². The van der Waals surface area contributed by atoms with Crippen molar-refractivity contribution in [1.29, 1.82) is 0 Å². The summed E-state index contributed by atoms with van der Waals surface area (Å²) in [6, 6.07) is 13.1. The number of anilines is 1.